The van der Waals surface area contributed by atoms with E-state index in [1.54, 1.807) is 12.1 Å². The summed E-state index contributed by atoms with van der Waals surface area (Å²) < 4.78 is 18.6. The summed E-state index contributed by atoms with van der Waals surface area (Å²) >= 11 is 1.51. The summed E-state index contributed by atoms with van der Waals surface area (Å²) in [5, 5.41) is 3.48. The van der Waals surface area contributed by atoms with E-state index in [0.29, 0.717) is 17.9 Å². The summed E-state index contributed by atoms with van der Waals surface area (Å²) in [6.45, 7) is 2.69. The van der Waals surface area contributed by atoms with Crippen molar-refractivity contribution in [1.29, 1.82) is 0 Å². The third-order valence-electron chi connectivity index (χ3n) is 3.69. The predicted molar refractivity (Wildman–Crippen MR) is 78.3 cm³/mol. The Bertz CT molecular complexity index is 483. The Hall–Kier alpha value is -1.07. The highest BCUT2D eigenvalue weighted by atomic mass is 32.2. The van der Waals surface area contributed by atoms with Gasteiger partial charge in [0.05, 0.1) is 7.11 Å². The van der Waals surface area contributed by atoms with Crippen LogP contribution in [0, 0.1) is 5.82 Å². The third-order valence-corrected chi connectivity index (χ3v) is 5.01. The zero-order valence-corrected chi connectivity index (χ0v) is 12.6. The van der Waals surface area contributed by atoms with Crippen molar-refractivity contribution < 1.29 is 13.9 Å². The van der Waals surface area contributed by atoms with Crippen molar-refractivity contribution >= 4 is 17.7 Å². The van der Waals surface area contributed by atoms with Gasteiger partial charge in [0.1, 0.15) is 11.4 Å². The molecule has 1 aromatic rings. The molecule has 1 aromatic carbocycles. The first-order valence-electron chi connectivity index (χ1n) is 6.86. The average molecular weight is 297 g/mol. The average Bonchev–Trinajstić information content (AvgIpc) is 2.85. The molecule has 0 bridgehead atoms. The number of esters is 1. The number of carbonyl (C=O) groups excluding carboxylic acids is 1. The number of benzene rings is 1. The topological polar surface area (TPSA) is 38.3 Å². The Morgan fingerprint density at radius 1 is 1.55 bits per heavy atom. The van der Waals surface area contributed by atoms with Crippen molar-refractivity contribution in [3.8, 4) is 0 Å². The van der Waals surface area contributed by atoms with Crippen LogP contribution in [0.4, 0.5) is 4.39 Å². The molecule has 0 spiro atoms. The maximum Gasteiger partial charge on any atom is 0.326 e. The molecule has 1 aliphatic rings. The Morgan fingerprint density at radius 2 is 2.30 bits per heavy atom. The van der Waals surface area contributed by atoms with E-state index in [-0.39, 0.29) is 17.0 Å². The fourth-order valence-corrected chi connectivity index (χ4v) is 4.07. The van der Waals surface area contributed by atoms with Crippen LogP contribution >= 0.6 is 11.8 Å². The van der Waals surface area contributed by atoms with Crippen LogP contribution in [0.25, 0.3) is 0 Å². The molecule has 1 fully saturated rings. The SMILES string of the molecule is CCNC1(C(=O)OC)CCC(Sc2ccccc2F)C1. The predicted octanol–water partition coefficient (Wildman–Crippen LogP) is 2.99. The van der Waals surface area contributed by atoms with Crippen molar-refractivity contribution in [2.24, 2.45) is 0 Å². The van der Waals surface area contributed by atoms with Crippen LogP contribution in [-0.2, 0) is 9.53 Å². The van der Waals surface area contributed by atoms with E-state index in [2.05, 4.69) is 5.32 Å². The summed E-state index contributed by atoms with van der Waals surface area (Å²) in [5.41, 5.74) is -0.605. The first-order chi connectivity index (χ1) is 9.61. The Labute approximate surface area is 123 Å². The molecule has 1 saturated carbocycles. The highest BCUT2D eigenvalue weighted by molar-refractivity contribution is 8.00. The van der Waals surface area contributed by atoms with Crippen LogP contribution in [-0.4, -0.2) is 30.4 Å². The molecular weight excluding hydrogens is 277 g/mol. The number of ether oxygens (including phenoxy) is 1. The van der Waals surface area contributed by atoms with E-state index < -0.39 is 5.54 Å². The van der Waals surface area contributed by atoms with Gasteiger partial charge in [-0.25, -0.2) is 4.39 Å². The maximum absolute atomic E-state index is 13.7. The first kappa shape index (κ1) is 15.3. The molecule has 20 heavy (non-hydrogen) atoms. The zero-order chi connectivity index (χ0) is 14.6. The smallest absolute Gasteiger partial charge is 0.326 e. The fourth-order valence-electron chi connectivity index (χ4n) is 2.77. The van der Waals surface area contributed by atoms with Gasteiger partial charge in [-0.05, 0) is 37.9 Å². The highest BCUT2D eigenvalue weighted by Gasteiger charge is 2.46. The number of methoxy groups -OCH3 is 1. The third kappa shape index (κ3) is 3.15. The highest BCUT2D eigenvalue weighted by Crippen LogP contribution is 2.41. The maximum atomic E-state index is 13.7. The lowest BCUT2D eigenvalue weighted by Crippen LogP contribution is -2.50. The quantitative estimate of drug-likeness (QED) is 0.848. The largest absolute Gasteiger partial charge is 0.468 e. The molecule has 1 N–H and O–H groups in total. The molecule has 2 unspecified atom stereocenters. The summed E-state index contributed by atoms with van der Waals surface area (Å²) in [7, 11) is 1.42. The first-order valence-corrected chi connectivity index (χ1v) is 7.74. The molecule has 0 radical (unpaired) electrons. The van der Waals surface area contributed by atoms with Crippen LogP contribution in [0.3, 0.4) is 0 Å². The summed E-state index contributed by atoms with van der Waals surface area (Å²) in [5.74, 6) is -0.410. The van der Waals surface area contributed by atoms with Crippen LogP contribution in [0.1, 0.15) is 26.2 Å². The Morgan fingerprint density at radius 3 is 2.95 bits per heavy atom. The summed E-state index contributed by atoms with van der Waals surface area (Å²) in [6.07, 6.45) is 2.28. The molecule has 110 valence electrons. The van der Waals surface area contributed by atoms with Crippen LogP contribution in [0.2, 0.25) is 0 Å². The molecule has 5 heteroatoms. The molecule has 0 aliphatic heterocycles. The van der Waals surface area contributed by atoms with Gasteiger partial charge in [0.25, 0.3) is 0 Å². The van der Waals surface area contributed by atoms with E-state index in [0.717, 1.165) is 12.8 Å². The van der Waals surface area contributed by atoms with Gasteiger partial charge in [-0.1, -0.05) is 19.1 Å². The number of halogens is 1. The van der Waals surface area contributed by atoms with Crippen LogP contribution < -0.4 is 5.32 Å². The summed E-state index contributed by atoms with van der Waals surface area (Å²) in [4.78, 5) is 12.7. The molecule has 0 aromatic heterocycles. The van der Waals surface area contributed by atoms with Crippen molar-refractivity contribution in [2.75, 3.05) is 13.7 Å². The fraction of sp³-hybridized carbons (Fsp3) is 0.533. The van der Waals surface area contributed by atoms with Gasteiger partial charge in [-0.2, -0.15) is 0 Å². The number of hydrogen-bond donors (Lipinski definition) is 1. The Balaban J connectivity index is 2.07. The van der Waals surface area contributed by atoms with Gasteiger partial charge in [0.15, 0.2) is 0 Å². The molecule has 0 saturated heterocycles. The van der Waals surface area contributed by atoms with Gasteiger partial charge in [-0.3, -0.25) is 4.79 Å². The second-order valence-electron chi connectivity index (χ2n) is 5.02. The Kier molecular flexibility index (Phi) is 5.05. The van der Waals surface area contributed by atoms with Gasteiger partial charge < -0.3 is 10.1 Å². The van der Waals surface area contributed by atoms with E-state index in [1.807, 2.05) is 13.0 Å². The second kappa shape index (κ2) is 6.59. The minimum absolute atomic E-state index is 0.198. The summed E-state index contributed by atoms with van der Waals surface area (Å²) in [6, 6.07) is 6.77. The minimum Gasteiger partial charge on any atom is -0.468 e. The molecule has 0 heterocycles. The van der Waals surface area contributed by atoms with Crippen molar-refractivity contribution in [1.82, 2.24) is 5.32 Å². The molecular formula is C15H20FNO2S. The molecule has 2 rings (SSSR count). The second-order valence-corrected chi connectivity index (χ2v) is 6.36. The number of nitrogens with one attached hydrogen (secondary N) is 1. The zero-order valence-electron chi connectivity index (χ0n) is 11.8. The lowest BCUT2D eigenvalue weighted by atomic mass is 9.98. The molecule has 0 amide bonds. The lowest BCUT2D eigenvalue weighted by Gasteiger charge is -2.27. The van der Waals surface area contributed by atoms with E-state index in [1.165, 1.54) is 24.9 Å². The standard InChI is InChI=1S/C15H20FNO2S/c1-3-17-15(14(18)19-2)9-8-11(10-15)20-13-7-5-4-6-12(13)16/h4-7,11,17H,3,8-10H2,1-2H3. The van der Waals surface area contributed by atoms with Crippen molar-refractivity contribution in [3.05, 3.63) is 30.1 Å². The van der Waals surface area contributed by atoms with Crippen molar-refractivity contribution in [2.45, 2.75) is 41.9 Å². The van der Waals surface area contributed by atoms with E-state index in [9.17, 15) is 9.18 Å². The van der Waals surface area contributed by atoms with Gasteiger partial charge in [0.2, 0.25) is 0 Å². The lowest BCUT2D eigenvalue weighted by molar-refractivity contribution is -0.148. The number of likely N-dealkylation sites (N-methyl/N-ethyl adjacent to an activating group) is 1. The van der Waals surface area contributed by atoms with Crippen molar-refractivity contribution in [3.63, 3.8) is 0 Å². The number of rotatable bonds is 5. The van der Waals surface area contributed by atoms with Crippen LogP contribution in [0.5, 0.6) is 0 Å². The van der Waals surface area contributed by atoms with Gasteiger partial charge in [0, 0.05) is 10.1 Å². The normalized spacial score (nSPS) is 25.6. The number of hydrogen-bond acceptors (Lipinski definition) is 4. The van der Waals surface area contributed by atoms with E-state index >= 15 is 0 Å². The monoisotopic (exact) mass is 297 g/mol. The molecule has 1 aliphatic carbocycles. The van der Waals surface area contributed by atoms with E-state index in [4.69, 9.17) is 4.74 Å². The van der Waals surface area contributed by atoms with Gasteiger partial charge in [-0.15, -0.1) is 11.8 Å². The number of carbonyl (C=O) groups is 1. The molecule has 2 atom stereocenters. The van der Waals surface area contributed by atoms with Crippen LogP contribution in [0.15, 0.2) is 29.2 Å². The van der Waals surface area contributed by atoms with Gasteiger partial charge >= 0.3 is 5.97 Å². The molecule has 3 nitrogen and oxygen atoms in total. The minimum atomic E-state index is -0.605. The number of thioether (sulfide) groups is 1.